The SMILES string of the molecule is CCCN1C[C@H](C)N([C@H](c2ccc(NC(=O)CCCCC(=O)OCC)cc2)c2cccc(OC)c2)C[C@H]1C. The lowest BCUT2D eigenvalue weighted by atomic mass is 9.93. The first-order chi connectivity index (χ1) is 18.4. The number of nitrogens with zero attached hydrogens (tertiary/aromatic N) is 2. The van der Waals surface area contributed by atoms with Gasteiger partial charge in [-0.15, -0.1) is 0 Å². The molecule has 1 heterocycles. The number of amides is 1. The van der Waals surface area contributed by atoms with E-state index in [4.69, 9.17) is 9.47 Å². The van der Waals surface area contributed by atoms with Crippen LogP contribution in [-0.4, -0.2) is 67.1 Å². The summed E-state index contributed by atoms with van der Waals surface area (Å²) >= 11 is 0. The molecule has 1 fully saturated rings. The third-order valence-corrected chi connectivity index (χ3v) is 7.27. The number of hydrogen-bond acceptors (Lipinski definition) is 6. The van der Waals surface area contributed by atoms with Crippen LogP contribution in [0.1, 0.15) is 77.0 Å². The molecular weight excluding hydrogens is 478 g/mol. The van der Waals surface area contributed by atoms with Crippen LogP contribution < -0.4 is 10.1 Å². The molecule has 38 heavy (non-hydrogen) atoms. The van der Waals surface area contributed by atoms with E-state index >= 15 is 0 Å². The van der Waals surface area contributed by atoms with Crippen molar-refractivity contribution in [3.63, 3.8) is 0 Å². The molecule has 0 radical (unpaired) electrons. The first kappa shape index (κ1) is 29.7. The maximum atomic E-state index is 12.5. The number of anilines is 1. The van der Waals surface area contributed by atoms with Crippen molar-refractivity contribution in [1.82, 2.24) is 9.80 Å². The van der Waals surface area contributed by atoms with Crippen LogP contribution in [0.5, 0.6) is 5.75 Å². The minimum Gasteiger partial charge on any atom is -0.497 e. The van der Waals surface area contributed by atoms with Gasteiger partial charge in [0.1, 0.15) is 5.75 Å². The smallest absolute Gasteiger partial charge is 0.305 e. The molecule has 1 N–H and O–H groups in total. The second-order valence-electron chi connectivity index (χ2n) is 10.3. The fraction of sp³-hybridized carbons (Fsp3) is 0.548. The van der Waals surface area contributed by atoms with Crippen molar-refractivity contribution in [3.05, 3.63) is 59.7 Å². The highest BCUT2D eigenvalue weighted by Gasteiger charge is 2.34. The summed E-state index contributed by atoms with van der Waals surface area (Å²) < 4.78 is 10.5. The van der Waals surface area contributed by atoms with Gasteiger partial charge in [-0.05, 0) is 82.0 Å². The molecule has 0 aromatic heterocycles. The van der Waals surface area contributed by atoms with Gasteiger partial charge >= 0.3 is 5.97 Å². The van der Waals surface area contributed by atoms with E-state index in [2.05, 4.69) is 66.2 Å². The quantitative estimate of drug-likeness (QED) is 0.270. The number of carbonyl (C=O) groups is 2. The number of rotatable bonds is 13. The van der Waals surface area contributed by atoms with Crippen molar-refractivity contribution in [1.29, 1.82) is 0 Å². The predicted molar refractivity (Wildman–Crippen MR) is 153 cm³/mol. The Bertz CT molecular complexity index is 1030. The number of ether oxygens (including phenoxy) is 2. The van der Waals surface area contributed by atoms with Crippen molar-refractivity contribution < 1.29 is 19.1 Å². The number of piperazine rings is 1. The van der Waals surface area contributed by atoms with E-state index < -0.39 is 0 Å². The average Bonchev–Trinajstić information content (AvgIpc) is 2.91. The summed E-state index contributed by atoms with van der Waals surface area (Å²) in [5, 5.41) is 3.00. The standard InChI is InChI=1S/C31H45N3O4/c1-6-19-33-21-24(4)34(22-23(33)3)31(26-11-10-12-28(20-26)37-5)25-15-17-27(18-16-25)32-29(35)13-8-9-14-30(36)38-7-2/h10-12,15-18,20,23-24,31H,6-9,13-14,19,21-22H2,1-5H3,(H,32,35)/t23-,24+,31-/m1/s1. The Balaban J connectivity index is 1.72. The summed E-state index contributed by atoms with van der Waals surface area (Å²) in [5.41, 5.74) is 3.17. The maximum Gasteiger partial charge on any atom is 0.305 e. The van der Waals surface area contributed by atoms with Crippen molar-refractivity contribution in [2.45, 2.75) is 77.9 Å². The van der Waals surface area contributed by atoms with E-state index in [1.165, 1.54) is 11.1 Å². The lowest BCUT2D eigenvalue weighted by molar-refractivity contribution is -0.143. The normalized spacial score (nSPS) is 19.1. The summed E-state index contributed by atoms with van der Waals surface area (Å²) in [6.07, 6.45) is 3.20. The largest absolute Gasteiger partial charge is 0.497 e. The third-order valence-electron chi connectivity index (χ3n) is 7.27. The van der Waals surface area contributed by atoms with E-state index in [0.717, 1.165) is 37.5 Å². The number of hydrogen-bond donors (Lipinski definition) is 1. The lowest BCUT2D eigenvalue weighted by Gasteiger charge is -2.47. The first-order valence-corrected chi connectivity index (χ1v) is 14.0. The van der Waals surface area contributed by atoms with Gasteiger partial charge in [-0.25, -0.2) is 0 Å². The van der Waals surface area contributed by atoms with E-state index in [0.29, 0.717) is 44.4 Å². The van der Waals surface area contributed by atoms with Crippen molar-refractivity contribution in [2.24, 2.45) is 0 Å². The Morgan fingerprint density at radius 2 is 1.71 bits per heavy atom. The van der Waals surface area contributed by atoms with Crippen LogP contribution in [0.15, 0.2) is 48.5 Å². The van der Waals surface area contributed by atoms with Gasteiger partial charge in [-0.2, -0.15) is 0 Å². The number of benzene rings is 2. The molecule has 0 bridgehead atoms. The molecule has 2 aromatic carbocycles. The Labute approximate surface area is 228 Å². The zero-order valence-electron chi connectivity index (χ0n) is 23.7. The molecule has 0 spiro atoms. The van der Waals surface area contributed by atoms with E-state index in [1.807, 2.05) is 18.2 Å². The highest BCUT2D eigenvalue weighted by Crippen LogP contribution is 2.35. The van der Waals surface area contributed by atoms with Gasteiger partial charge in [0, 0.05) is 43.7 Å². The molecular formula is C31H45N3O4. The van der Waals surface area contributed by atoms with Crippen molar-refractivity contribution >= 4 is 17.6 Å². The van der Waals surface area contributed by atoms with E-state index in [1.54, 1.807) is 14.0 Å². The first-order valence-electron chi connectivity index (χ1n) is 14.0. The molecule has 0 aliphatic carbocycles. The second-order valence-corrected chi connectivity index (χ2v) is 10.3. The van der Waals surface area contributed by atoms with Crippen molar-refractivity contribution in [2.75, 3.05) is 38.7 Å². The average molecular weight is 524 g/mol. The van der Waals surface area contributed by atoms with Crippen LogP contribution in [0.3, 0.4) is 0 Å². The van der Waals surface area contributed by atoms with E-state index in [9.17, 15) is 9.59 Å². The van der Waals surface area contributed by atoms with Crippen LogP contribution >= 0.6 is 0 Å². The van der Waals surface area contributed by atoms with Crippen LogP contribution in [0.25, 0.3) is 0 Å². The molecule has 1 aliphatic heterocycles. The third kappa shape index (κ3) is 8.30. The lowest BCUT2D eigenvalue weighted by Crippen LogP contribution is -2.57. The van der Waals surface area contributed by atoms with Crippen LogP contribution in [-0.2, 0) is 14.3 Å². The molecule has 3 rings (SSSR count). The van der Waals surface area contributed by atoms with Gasteiger partial charge in [-0.3, -0.25) is 19.4 Å². The number of esters is 1. The minimum atomic E-state index is -0.204. The topological polar surface area (TPSA) is 71.1 Å². The van der Waals surface area contributed by atoms with Crippen molar-refractivity contribution in [3.8, 4) is 5.75 Å². The summed E-state index contributed by atoms with van der Waals surface area (Å²) in [7, 11) is 1.71. The number of unbranched alkanes of at least 4 members (excludes halogenated alkanes) is 1. The number of nitrogens with one attached hydrogen (secondary N) is 1. The molecule has 2 aromatic rings. The molecule has 208 valence electrons. The van der Waals surface area contributed by atoms with E-state index in [-0.39, 0.29) is 17.9 Å². The molecule has 1 amide bonds. The summed E-state index contributed by atoms with van der Waals surface area (Å²) in [4.78, 5) is 29.1. The zero-order chi connectivity index (χ0) is 27.5. The zero-order valence-corrected chi connectivity index (χ0v) is 23.7. The molecule has 3 atom stereocenters. The molecule has 1 saturated heterocycles. The highest BCUT2D eigenvalue weighted by molar-refractivity contribution is 5.90. The van der Waals surface area contributed by atoms with Gasteiger partial charge in [0.15, 0.2) is 0 Å². The van der Waals surface area contributed by atoms with Gasteiger partial charge in [-0.1, -0.05) is 31.2 Å². The fourth-order valence-corrected chi connectivity index (χ4v) is 5.33. The van der Waals surface area contributed by atoms with Gasteiger partial charge in [0.2, 0.25) is 5.91 Å². The van der Waals surface area contributed by atoms with Gasteiger partial charge < -0.3 is 14.8 Å². The number of carbonyl (C=O) groups excluding carboxylic acids is 2. The van der Waals surface area contributed by atoms with Gasteiger partial charge in [0.05, 0.1) is 19.8 Å². The van der Waals surface area contributed by atoms with Crippen LogP contribution in [0.2, 0.25) is 0 Å². The summed E-state index contributed by atoms with van der Waals surface area (Å²) in [6.45, 7) is 12.2. The predicted octanol–water partition coefficient (Wildman–Crippen LogP) is 5.65. The molecule has 7 heteroatoms. The molecule has 1 aliphatic rings. The fourth-order valence-electron chi connectivity index (χ4n) is 5.33. The Morgan fingerprint density at radius 3 is 2.39 bits per heavy atom. The Morgan fingerprint density at radius 1 is 0.974 bits per heavy atom. The monoisotopic (exact) mass is 523 g/mol. The molecule has 0 unspecified atom stereocenters. The maximum absolute atomic E-state index is 12.5. The Hall–Kier alpha value is -2.90. The number of methoxy groups -OCH3 is 1. The highest BCUT2D eigenvalue weighted by atomic mass is 16.5. The summed E-state index contributed by atoms with van der Waals surface area (Å²) in [5.74, 6) is 0.606. The second kappa shape index (κ2) is 14.9. The van der Waals surface area contributed by atoms with Crippen LogP contribution in [0.4, 0.5) is 5.69 Å². The summed E-state index contributed by atoms with van der Waals surface area (Å²) in [6, 6.07) is 17.5. The Kier molecular flexibility index (Phi) is 11.6. The minimum absolute atomic E-state index is 0.0413. The van der Waals surface area contributed by atoms with Crippen LogP contribution in [0, 0.1) is 0 Å². The molecule has 7 nitrogen and oxygen atoms in total. The van der Waals surface area contributed by atoms with Gasteiger partial charge in [0.25, 0.3) is 0 Å². The molecule has 0 saturated carbocycles.